The summed E-state index contributed by atoms with van der Waals surface area (Å²) in [5.41, 5.74) is 3.32. The lowest BCUT2D eigenvalue weighted by Gasteiger charge is -2.32. The summed E-state index contributed by atoms with van der Waals surface area (Å²) in [6.07, 6.45) is 1.51. The topological polar surface area (TPSA) is 59.4 Å². The van der Waals surface area contributed by atoms with Gasteiger partial charge in [-0.25, -0.2) is 0 Å². The van der Waals surface area contributed by atoms with Gasteiger partial charge in [0.2, 0.25) is 0 Å². The van der Waals surface area contributed by atoms with Gasteiger partial charge >= 0.3 is 0 Å². The van der Waals surface area contributed by atoms with E-state index in [2.05, 4.69) is 16.3 Å². The van der Waals surface area contributed by atoms with Crippen LogP contribution in [0.1, 0.15) is 11.1 Å². The van der Waals surface area contributed by atoms with E-state index in [1.165, 1.54) is 11.8 Å². The number of piperazine rings is 1. The van der Waals surface area contributed by atoms with Gasteiger partial charge < -0.3 is 15.1 Å². The molecule has 0 unspecified atom stereocenters. The Labute approximate surface area is 131 Å². The van der Waals surface area contributed by atoms with E-state index >= 15 is 0 Å². The lowest BCUT2D eigenvalue weighted by Crippen LogP contribution is -2.47. The fourth-order valence-corrected chi connectivity index (χ4v) is 2.45. The molecule has 0 aliphatic carbocycles. The molecule has 0 aromatic heterocycles. The largest absolute Gasteiger partial charge is 0.360 e. The minimum atomic E-state index is -0.201. The summed E-state index contributed by atoms with van der Waals surface area (Å²) < 4.78 is 0. The van der Waals surface area contributed by atoms with E-state index in [1.54, 1.807) is 4.90 Å². The monoisotopic (exact) mass is 298 g/mol. The average Bonchev–Trinajstić information content (AvgIpc) is 2.50. The van der Waals surface area contributed by atoms with E-state index in [0.717, 1.165) is 24.3 Å². The Morgan fingerprint density at radius 1 is 1.27 bits per heavy atom. The molecule has 1 fully saturated rings. The molecule has 1 N–H and O–H groups in total. The van der Waals surface area contributed by atoms with Crippen molar-refractivity contribution < 1.29 is 4.79 Å². The van der Waals surface area contributed by atoms with Crippen LogP contribution in [0.2, 0.25) is 0 Å². The molecule has 1 aromatic rings. The van der Waals surface area contributed by atoms with Crippen molar-refractivity contribution in [1.29, 1.82) is 5.26 Å². The number of likely N-dealkylation sites (N-methyl/N-ethyl adjacent to an activating group) is 1. The van der Waals surface area contributed by atoms with Crippen molar-refractivity contribution in [2.24, 2.45) is 0 Å². The van der Waals surface area contributed by atoms with E-state index in [1.807, 2.05) is 39.1 Å². The summed E-state index contributed by atoms with van der Waals surface area (Å²) in [7, 11) is 2.03. The highest BCUT2D eigenvalue weighted by molar-refractivity contribution is 5.97. The van der Waals surface area contributed by atoms with Crippen LogP contribution in [-0.2, 0) is 4.79 Å². The quantitative estimate of drug-likeness (QED) is 0.684. The normalized spacial score (nSPS) is 16.3. The van der Waals surface area contributed by atoms with Crippen LogP contribution < -0.4 is 5.32 Å². The lowest BCUT2D eigenvalue weighted by molar-refractivity contribution is -0.128. The van der Waals surface area contributed by atoms with Crippen LogP contribution in [0.5, 0.6) is 0 Å². The zero-order valence-corrected chi connectivity index (χ0v) is 13.4. The zero-order valence-electron chi connectivity index (χ0n) is 13.4. The summed E-state index contributed by atoms with van der Waals surface area (Å²) in [6, 6.07) is 8.02. The van der Waals surface area contributed by atoms with Gasteiger partial charge in [-0.3, -0.25) is 4.79 Å². The van der Waals surface area contributed by atoms with Crippen molar-refractivity contribution in [1.82, 2.24) is 9.80 Å². The minimum absolute atomic E-state index is 0.143. The minimum Gasteiger partial charge on any atom is -0.360 e. The number of anilines is 1. The van der Waals surface area contributed by atoms with Crippen molar-refractivity contribution >= 4 is 11.6 Å². The van der Waals surface area contributed by atoms with Gasteiger partial charge in [0.05, 0.1) is 0 Å². The number of benzene rings is 1. The van der Waals surface area contributed by atoms with E-state index in [9.17, 15) is 10.1 Å². The molecule has 1 heterocycles. The SMILES string of the molecule is Cc1ccc(N/C=C(/C#N)C(=O)N2CCN(C)CC2)c(C)c1. The summed E-state index contributed by atoms with van der Waals surface area (Å²) in [5, 5.41) is 12.3. The highest BCUT2D eigenvalue weighted by Crippen LogP contribution is 2.16. The molecule has 0 saturated carbocycles. The van der Waals surface area contributed by atoms with Crippen LogP contribution in [0.4, 0.5) is 5.69 Å². The van der Waals surface area contributed by atoms with Crippen molar-refractivity contribution in [2.75, 3.05) is 38.5 Å². The van der Waals surface area contributed by atoms with Gasteiger partial charge in [0, 0.05) is 38.1 Å². The van der Waals surface area contributed by atoms with Gasteiger partial charge in [-0.15, -0.1) is 0 Å². The first-order valence-electron chi connectivity index (χ1n) is 7.43. The smallest absolute Gasteiger partial charge is 0.266 e. The predicted octanol–water partition coefficient (Wildman–Crippen LogP) is 1.90. The molecule has 5 heteroatoms. The maximum Gasteiger partial charge on any atom is 0.266 e. The van der Waals surface area contributed by atoms with E-state index in [0.29, 0.717) is 13.1 Å². The molecule has 1 amide bonds. The van der Waals surface area contributed by atoms with Gasteiger partial charge in [-0.1, -0.05) is 17.7 Å². The number of nitriles is 1. The van der Waals surface area contributed by atoms with Crippen LogP contribution in [0.15, 0.2) is 30.0 Å². The Morgan fingerprint density at radius 2 is 1.95 bits per heavy atom. The summed E-state index contributed by atoms with van der Waals surface area (Å²) >= 11 is 0. The molecule has 5 nitrogen and oxygen atoms in total. The maximum atomic E-state index is 12.4. The second-order valence-corrected chi connectivity index (χ2v) is 5.73. The Bertz CT molecular complexity index is 622. The summed E-state index contributed by atoms with van der Waals surface area (Å²) in [4.78, 5) is 16.3. The van der Waals surface area contributed by atoms with E-state index < -0.39 is 0 Å². The summed E-state index contributed by atoms with van der Waals surface area (Å²) in [6.45, 7) is 7.04. The standard InChI is InChI=1S/C17H22N4O/c1-13-4-5-16(14(2)10-13)19-12-15(11-18)17(22)21-8-6-20(3)7-9-21/h4-5,10,12,19H,6-9H2,1-3H3/b15-12-. The maximum absolute atomic E-state index is 12.4. The first-order chi connectivity index (χ1) is 10.5. The number of rotatable bonds is 3. The number of aryl methyl sites for hydroxylation is 2. The van der Waals surface area contributed by atoms with Crippen LogP contribution in [0.25, 0.3) is 0 Å². The number of hydrogen-bond donors (Lipinski definition) is 1. The highest BCUT2D eigenvalue weighted by Gasteiger charge is 2.22. The van der Waals surface area contributed by atoms with Crippen LogP contribution in [-0.4, -0.2) is 48.9 Å². The molecule has 2 rings (SSSR count). The predicted molar refractivity (Wildman–Crippen MR) is 87.3 cm³/mol. The van der Waals surface area contributed by atoms with Gasteiger partial charge in [0.1, 0.15) is 11.6 Å². The first-order valence-corrected chi connectivity index (χ1v) is 7.43. The fourth-order valence-electron chi connectivity index (χ4n) is 2.45. The number of carbonyl (C=O) groups is 1. The average molecular weight is 298 g/mol. The Hall–Kier alpha value is -2.32. The second kappa shape index (κ2) is 7.10. The molecule has 0 radical (unpaired) electrons. The third-order valence-corrected chi connectivity index (χ3v) is 3.90. The molecule has 1 aliphatic rings. The molecular formula is C17H22N4O. The van der Waals surface area contributed by atoms with Gasteiger partial charge in [-0.05, 0) is 32.5 Å². The third-order valence-electron chi connectivity index (χ3n) is 3.90. The Balaban J connectivity index is 2.07. The number of amides is 1. The molecular weight excluding hydrogens is 276 g/mol. The van der Waals surface area contributed by atoms with Crippen molar-refractivity contribution in [3.05, 3.63) is 41.1 Å². The number of nitrogens with one attached hydrogen (secondary N) is 1. The third kappa shape index (κ3) is 3.86. The van der Waals surface area contributed by atoms with Crippen molar-refractivity contribution in [2.45, 2.75) is 13.8 Å². The van der Waals surface area contributed by atoms with Crippen molar-refractivity contribution in [3.63, 3.8) is 0 Å². The number of carbonyl (C=O) groups excluding carboxylic acids is 1. The molecule has 0 atom stereocenters. The van der Waals surface area contributed by atoms with Crippen molar-refractivity contribution in [3.8, 4) is 6.07 Å². The molecule has 116 valence electrons. The van der Waals surface area contributed by atoms with Crippen LogP contribution in [0.3, 0.4) is 0 Å². The first kappa shape index (κ1) is 16.1. The molecule has 1 aromatic carbocycles. The van der Waals surface area contributed by atoms with Gasteiger partial charge in [-0.2, -0.15) is 5.26 Å². The second-order valence-electron chi connectivity index (χ2n) is 5.73. The summed E-state index contributed by atoms with van der Waals surface area (Å²) in [5.74, 6) is -0.201. The zero-order chi connectivity index (χ0) is 16.1. The van der Waals surface area contributed by atoms with Gasteiger partial charge in [0.15, 0.2) is 0 Å². The Morgan fingerprint density at radius 3 is 2.55 bits per heavy atom. The number of hydrogen-bond acceptors (Lipinski definition) is 4. The molecule has 0 spiro atoms. The van der Waals surface area contributed by atoms with Crippen LogP contribution in [0, 0.1) is 25.2 Å². The van der Waals surface area contributed by atoms with Gasteiger partial charge in [0.25, 0.3) is 5.91 Å². The molecule has 1 aliphatic heterocycles. The molecule has 22 heavy (non-hydrogen) atoms. The Kier molecular flexibility index (Phi) is 5.18. The van der Waals surface area contributed by atoms with E-state index in [4.69, 9.17) is 0 Å². The lowest BCUT2D eigenvalue weighted by atomic mass is 10.1. The molecule has 0 bridgehead atoms. The van der Waals surface area contributed by atoms with Crippen LogP contribution >= 0.6 is 0 Å². The van der Waals surface area contributed by atoms with E-state index in [-0.39, 0.29) is 11.5 Å². The highest BCUT2D eigenvalue weighted by atomic mass is 16.2. The fraction of sp³-hybridized carbons (Fsp3) is 0.412. The molecule has 1 saturated heterocycles. The number of nitrogens with zero attached hydrogens (tertiary/aromatic N) is 3.